The van der Waals surface area contributed by atoms with Gasteiger partial charge in [0.15, 0.2) is 0 Å². The average molecular weight is 376 g/mol. The van der Waals surface area contributed by atoms with Crippen molar-refractivity contribution in [2.45, 2.75) is 26.3 Å². The van der Waals surface area contributed by atoms with E-state index in [1.165, 1.54) is 11.1 Å². The molecule has 1 saturated heterocycles. The van der Waals surface area contributed by atoms with Crippen LogP contribution in [-0.4, -0.2) is 44.1 Å². The molecule has 0 radical (unpaired) electrons. The minimum atomic E-state index is -0.700. The summed E-state index contributed by atoms with van der Waals surface area (Å²) in [6.45, 7) is 4.21. The Morgan fingerprint density at radius 3 is 2.39 bits per heavy atom. The summed E-state index contributed by atoms with van der Waals surface area (Å²) in [5.74, 6) is -0.919. The van der Waals surface area contributed by atoms with E-state index in [9.17, 15) is 4.79 Å². The van der Waals surface area contributed by atoms with Crippen molar-refractivity contribution in [3.8, 4) is 16.9 Å². The van der Waals surface area contributed by atoms with Gasteiger partial charge in [-0.15, -0.1) is 5.10 Å². The molecule has 0 bridgehead atoms. The first-order valence-corrected chi connectivity index (χ1v) is 9.68. The quantitative estimate of drug-likeness (QED) is 0.684. The molecule has 0 aliphatic carbocycles. The van der Waals surface area contributed by atoms with Crippen LogP contribution in [0.15, 0.2) is 54.7 Å². The minimum Gasteiger partial charge on any atom is -0.481 e. The fraction of sp³-hybridized carbons (Fsp3) is 0.318. The van der Waals surface area contributed by atoms with Gasteiger partial charge in [-0.25, -0.2) is 4.68 Å². The van der Waals surface area contributed by atoms with E-state index in [1.54, 1.807) is 4.68 Å². The number of aromatic nitrogens is 3. The van der Waals surface area contributed by atoms with Gasteiger partial charge in [0, 0.05) is 25.2 Å². The molecule has 144 valence electrons. The lowest BCUT2D eigenvalue weighted by Gasteiger charge is -2.36. The monoisotopic (exact) mass is 376 g/mol. The van der Waals surface area contributed by atoms with E-state index in [2.05, 4.69) is 58.5 Å². The smallest absolute Gasteiger partial charge is 0.309 e. The fourth-order valence-corrected chi connectivity index (χ4v) is 3.52. The Morgan fingerprint density at radius 1 is 1.07 bits per heavy atom. The number of carbonyl (C=O) groups is 1. The molecule has 1 fully saturated rings. The predicted octanol–water partition coefficient (Wildman–Crippen LogP) is 3.40. The number of rotatable bonds is 7. The first kappa shape index (κ1) is 18.4. The van der Waals surface area contributed by atoms with Crippen molar-refractivity contribution < 1.29 is 9.90 Å². The topological polar surface area (TPSA) is 71.2 Å². The summed E-state index contributed by atoms with van der Waals surface area (Å²) in [5.41, 5.74) is 5.38. The van der Waals surface area contributed by atoms with Crippen molar-refractivity contribution in [1.29, 1.82) is 0 Å². The summed E-state index contributed by atoms with van der Waals surface area (Å²) in [7, 11) is 0. The number of carboxylic acid groups (broad SMARTS) is 1. The third kappa shape index (κ3) is 3.97. The van der Waals surface area contributed by atoms with Gasteiger partial charge >= 0.3 is 5.97 Å². The summed E-state index contributed by atoms with van der Waals surface area (Å²) >= 11 is 0. The maximum absolute atomic E-state index is 10.9. The highest BCUT2D eigenvalue weighted by Gasteiger charge is 2.32. The normalized spacial score (nSPS) is 14.8. The lowest BCUT2D eigenvalue weighted by Crippen LogP contribution is -2.49. The van der Waals surface area contributed by atoms with Crippen LogP contribution in [-0.2, 0) is 17.8 Å². The molecule has 6 nitrogen and oxygen atoms in total. The molecule has 0 unspecified atom stereocenters. The maximum atomic E-state index is 10.9. The van der Waals surface area contributed by atoms with E-state index in [1.807, 2.05) is 18.3 Å². The van der Waals surface area contributed by atoms with Gasteiger partial charge in [-0.2, -0.15) is 0 Å². The molecule has 1 N–H and O–H groups in total. The van der Waals surface area contributed by atoms with Crippen LogP contribution in [0.2, 0.25) is 0 Å². The van der Waals surface area contributed by atoms with E-state index in [0.717, 1.165) is 36.3 Å². The molecule has 0 amide bonds. The third-order valence-electron chi connectivity index (χ3n) is 5.20. The van der Waals surface area contributed by atoms with Gasteiger partial charge in [-0.1, -0.05) is 55.0 Å². The molecule has 28 heavy (non-hydrogen) atoms. The van der Waals surface area contributed by atoms with Crippen LogP contribution < -0.4 is 0 Å². The molecular weight excluding hydrogens is 352 g/mol. The Morgan fingerprint density at radius 2 is 1.75 bits per heavy atom. The Bertz CT molecular complexity index is 941. The highest BCUT2D eigenvalue weighted by atomic mass is 16.4. The Kier molecular flexibility index (Phi) is 5.21. The molecule has 2 aromatic carbocycles. The number of carboxylic acids is 1. The highest BCUT2D eigenvalue weighted by molar-refractivity contribution is 5.71. The van der Waals surface area contributed by atoms with Gasteiger partial charge in [-0.3, -0.25) is 9.69 Å². The molecule has 0 saturated carbocycles. The van der Waals surface area contributed by atoms with Gasteiger partial charge in [0.2, 0.25) is 0 Å². The third-order valence-corrected chi connectivity index (χ3v) is 5.20. The molecule has 1 aromatic heterocycles. The predicted molar refractivity (Wildman–Crippen MR) is 107 cm³/mol. The van der Waals surface area contributed by atoms with Gasteiger partial charge < -0.3 is 5.11 Å². The van der Waals surface area contributed by atoms with Crippen LogP contribution in [0.3, 0.4) is 0 Å². The zero-order chi connectivity index (χ0) is 19.5. The Labute approximate surface area is 164 Å². The minimum absolute atomic E-state index is 0.219. The summed E-state index contributed by atoms with van der Waals surface area (Å²) < 4.78 is 1.78. The number of hydrogen-bond donors (Lipinski definition) is 1. The lowest BCUT2D eigenvalue weighted by atomic mass is 9.99. The SMILES string of the molecule is CCCc1ccc(-c2cn(-c3ccc(CN4CC(C(=O)O)C4)cc3)nn2)cc1. The van der Waals surface area contributed by atoms with Crippen molar-refractivity contribution >= 4 is 5.97 Å². The molecule has 3 aromatic rings. The second kappa shape index (κ2) is 7.94. The molecule has 1 aliphatic heterocycles. The summed E-state index contributed by atoms with van der Waals surface area (Å²) in [5, 5.41) is 17.5. The van der Waals surface area contributed by atoms with Crippen LogP contribution in [0.4, 0.5) is 0 Å². The molecule has 4 rings (SSSR count). The van der Waals surface area contributed by atoms with Crippen LogP contribution in [0, 0.1) is 5.92 Å². The highest BCUT2D eigenvalue weighted by Crippen LogP contribution is 2.21. The van der Waals surface area contributed by atoms with Gasteiger partial charge in [-0.05, 0) is 29.7 Å². The van der Waals surface area contributed by atoms with Gasteiger partial charge in [0.1, 0.15) is 5.69 Å². The second-order valence-corrected chi connectivity index (χ2v) is 7.39. The number of aryl methyl sites for hydroxylation is 1. The molecule has 0 atom stereocenters. The van der Waals surface area contributed by atoms with Gasteiger partial charge in [0.25, 0.3) is 0 Å². The van der Waals surface area contributed by atoms with Gasteiger partial charge in [0.05, 0.1) is 17.8 Å². The zero-order valence-electron chi connectivity index (χ0n) is 16.0. The molecular formula is C22H24N4O2. The van der Waals surface area contributed by atoms with Crippen molar-refractivity contribution in [3.63, 3.8) is 0 Å². The first-order chi connectivity index (χ1) is 13.6. The second-order valence-electron chi connectivity index (χ2n) is 7.39. The summed E-state index contributed by atoms with van der Waals surface area (Å²) in [6, 6.07) is 16.7. The van der Waals surface area contributed by atoms with Crippen LogP contribution in [0.1, 0.15) is 24.5 Å². The van der Waals surface area contributed by atoms with Crippen molar-refractivity contribution in [2.24, 2.45) is 5.92 Å². The molecule has 0 spiro atoms. The Hall–Kier alpha value is -2.99. The fourth-order valence-electron chi connectivity index (χ4n) is 3.52. The standard InChI is InChI=1S/C22H24N4O2/c1-2-3-16-4-8-18(9-5-16)21-15-26(24-23-21)20-10-6-17(7-11-20)12-25-13-19(14-25)22(27)28/h4-11,15,19H,2-3,12-14H2,1H3,(H,27,28). The van der Waals surface area contributed by atoms with E-state index < -0.39 is 5.97 Å². The van der Waals surface area contributed by atoms with E-state index >= 15 is 0 Å². The number of nitrogens with zero attached hydrogens (tertiary/aromatic N) is 4. The Balaban J connectivity index is 1.40. The van der Waals surface area contributed by atoms with Crippen LogP contribution >= 0.6 is 0 Å². The molecule has 2 heterocycles. The van der Waals surface area contributed by atoms with Crippen molar-refractivity contribution in [2.75, 3.05) is 13.1 Å². The number of hydrogen-bond acceptors (Lipinski definition) is 4. The maximum Gasteiger partial charge on any atom is 0.309 e. The number of aliphatic carboxylic acids is 1. The number of likely N-dealkylation sites (tertiary alicyclic amines) is 1. The van der Waals surface area contributed by atoms with Crippen LogP contribution in [0.5, 0.6) is 0 Å². The zero-order valence-corrected chi connectivity index (χ0v) is 16.0. The molecule has 1 aliphatic rings. The number of benzene rings is 2. The van der Waals surface area contributed by atoms with E-state index in [0.29, 0.717) is 13.1 Å². The first-order valence-electron chi connectivity index (χ1n) is 9.68. The van der Waals surface area contributed by atoms with Crippen molar-refractivity contribution in [3.05, 3.63) is 65.9 Å². The van der Waals surface area contributed by atoms with E-state index in [4.69, 9.17) is 5.11 Å². The average Bonchev–Trinajstić information content (AvgIpc) is 3.15. The lowest BCUT2D eigenvalue weighted by molar-refractivity contribution is -0.147. The van der Waals surface area contributed by atoms with E-state index in [-0.39, 0.29) is 5.92 Å². The summed E-state index contributed by atoms with van der Waals surface area (Å²) in [6.07, 6.45) is 4.17. The van der Waals surface area contributed by atoms with Crippen LogP contribution in [0.25, 0.3) is 16.9 Å². The van der Waals surface area contributed by atoms with Crippen molar-refractivity contribution in [1.82, 2.24) is 19.9 Å². The largest absolute Gasteiger partial charge is 0.481 e. The summed E-state index contributed by atoms with van der Waals surface area (Å²) in [4.78, 5) is 13.0. The molecule has 6 heteroatoms.